The molecule has 1 aliphatic heterocycles. The molecule has 4 heteroatoms. The predicted molar refractivity (Wildman–Crippen MR) is 82.2 cm³/mol. The SMILES string of the molecule is CCCNC(CC1CCCCO1)c1cccc(OC)c1F. The maximum Gasteiger partial charge on any atom is 0.169 e. The Bertz CT molecular complexity index is 433. The van der Waals surface area contributed by atoms with E-state index in [9.17, 15) is 4.39 Å². The number of hydrogen-bond acceptors (Lipinski definition) is 3. The van der Waals surface area contributed by atoms with Gasteiger partial charge in [0.2, 0.25) is 0 Å². The van der Waals surface area contributed by atoms with Gasteiger partial charge in [-0.05, 0) is 44.7 Å². The van der Waals surface area contributed by atoms with Gasteiger partial charge in [0.05, 0.1) is 13.2 Å². The highest BCUT2D eigenvalue weighted by molar-refractivity contribution is 5.33. The van der Waals surface area contributed by atoms with Crippen molar-refractivity contribution in [1.82, 2.24) is 5.32 Å². The van der Waals surface area contributed by atoms with Crippen molar-refractivity contribution < 1.29 is 13.9 Å². The lowest BCUT2D eigenvalue weighted by Gasteiger charge is -2.28. The zero-order chi connectivity index (χ0) is 15.1. The van der Waals surface area contributed by atoms with Crippen LogP contribution in [0.5, 0.6) is 5.75 Å². The first kappa shape index (κ1) is 16.2. The van der Waals surface area contributed by atoms with Crippen LogP contribution < -0.4 is 10.1 Å². The molecule has 0 aliphatic carbocycles. The lowest BCUT2D eigenvalue weighted by molar-refractivity contribution is 0.00483. The van der Waals surface area contributed by atoms with Crippen molar-refractivity contribution in [3.8, 4) is 5.75 Å². The average molecular weight is 295 g/mol. The van der Waals surface area contributed by atoms with Gasteiger partial charge in [0.15, 0.2) is 11.6 Å². The Balaban J connectivity index is 2.14. The molecule has 21 heavy (non-hydrogen) atoms. The summed E-state index contributed by atoms with van der Waals surface area (Å²) < 4.78 is 25.4. The molecule has 2 rings (SSSR count). The van der Waals surface area contributed by atoms with Crippen molar-refractivity contribution in [2.45, 2.75) is 51.2 Å². The van der Waals surface area contributed by atoms with Crippen molar-refractivity contribution in [3.63, 3.8) is 0 Å². The Hall–Kier alpha value is -1.13. The summed E-state index contributed by atoms with van der Waals surface area (Å²) in [7, 11) is 1.50. The molecular formula is C17H26FNO2. The number of halogens is 1. The number of rotatable bonds is 7. The average Bonchev–Trinajstić information content (AvgIpc) is 2.53. The zero-order valence-electron chi connectivity index (χ0n) is 13.0. The largest absolute Gasteiger partial charge is 0.494 e. The Labute approximate surface area is 126 Å². The first-order valence-electron chi connectivity index (χ1n) is 7.93. The number of methoxy groups -OCH3 is 1. The number of hydrogen-bond donors (Lipinski definition) is 1. The van der Waals surface area contributed by atoms with Crippen LogP contribution in [0.15, 0.2) is 18.2 Å². The molecule has 1 saturated heterocycles. The molecule has 0 saturated carbocycles. The maximum absolute atomic E-state index is 14.5. The van der Waals surface area contributed by atoms with Crippen molar-refractivity contribution in [2.24, 2.45) is 0 Å². The monoisotopic (exact) mass is 295 g/mol. The second kappa shape index (κ2) is 8.35. The van der Waals surface area contributed by atoms with Gasteiger partial charge in [0.1, 0.15) is 0 Å². The molecule has 1 heterocycles. The second-order valence-corrected chi connectivity index (χ2v) is 5.59. The van der Waals surface area contributed by atoms with E-state index >= 15 is 0 Å². The third kappa shape index (κ3) is 4.42. The summed E-state index contributed by atoms with van der Waals surface area (Å²) in [5.41, 5.74) is 0.678. The standard InChI is InChI=1S/C17H26FNO2/c1-3-10-19-15(12-13-7-4-5-11-21-13)14-8-6-9-16(20-2)17(14)18/h6,8-9,13,15,19H,3-5,7,10-12H2,1-2H3. The number of benzene rings is 1. The summed E-state index contributed by atoms with van der Waals surface area (Å²) in [4.78, 5) is 0. The quantitative estimate of drug-likeness (QED) is 0.829. The van der Waals surface area contributed by atoms with Crippen LogP contribution in [0.25, 0.3) is 0 Å². The van der Waals surface area contributed by atoms with Crippen LogP contribution in [-0.2, 0) is 4.74 Å². The fraction of sp³-hybridized carbons (Fsp3) is 0.647. The van der Waals surface area contributed by atoms with Gasteiger partial charge in [-0.1, -0.05) is 19.1 Å². The third-order valence-electron chi connectivity index (χ3n) is 4.00. The lowest BCUT2D eigenvalue weighted by Crippen LogP contribution is -2.30. The topological polar surface area (TPSA) is 30.5 Å². The van der Waals surface area contributed by atoms with Crippen molar-refractivity contribution in [2.75, 3.05) is 20.3 Å². The molecule has 1 N–H and O–H groups in total. The molecule has 2 atom stereocenters. The van der Waals surface area contributed by atoms with Crippen molar-refractivity contribution in [3.05, 3.63) is 29.6 Å². The summed E-state index contributed by atoms with van der Waals surface area (Å²) >= 11 is 0. The highest BCUT2D eigenvalue weighted by Crippen LogP contribution is 2.30. The highest BCUT2D eigenvalue weighted by atomic mass is 19.1. The van der Waals surface area contributed by atoms with E-state index in [1.807, 2.05) is 12.1 Å². The van der Waals surface area contributed by atoms with E-state index in [1.54, 1.807) is 6.07 Å². The molecule has 1 aliphatic rings. The lowest BCUT2D eigenvalue weighted by atomic mass is 9.96. The molecule has 0 bridgehead atoms. The summed E-state index contributed by atoms with van der Waals surface area (Å²) in [6.07, 6.45) is 5.45. The summed E-state index contributed by atoms with van der Waals surface area (Å²) in [6.45, 7) is 3.81. The molecule has 0 radical (unpaired) electrons. The number of ether oxygens (including phenoxy) is 2. The normalized spacial score (nSPS) is 20.2. The van der Waals surface area contributed by atoms with Crippen LogP contribution in [0.3, 0.4) is 0 Å². The number of nitrogens with one attached hydrogen (secondary N) is 1. The molecule has 3 nitrogen and oxygen atoms in total. The molecule has 1 aromatic carbocycles. The van der Waals surface area contributed by atoms with E-state index < -0.39 is 0 Å². The van der Waals surface area contributed by atoms with Gasteiger partial charge in [-0.15, -0.1) is 0 Å². The molecule has 0 spiro atoms. The van der Waals surface area contributed by atoms with E-state index in [1.165, 1.54) is 13.5 Å². The van der Waals surface area contributed by atoms with E-state index in [-0.39, 0.29) is 18.0 Å². The molecular weight excluding hydrogens is 269 g/mol. The molecule has 118 valence electrons. The summed E-state index contributed by atoms with van der Waals surface area (Å²) in [5, 5.41) is 3.45. The van der Waals surface area contributed by atoms with Crippen molar-refractivity contribution in [1.29, 1.82) is 0 Å². The van der Waals surface area contributed by atoms with Gasteiger partial charge in [-0.25, -0.2) is 4.39 Å². The minimum absolute atomic E-state index is 0.0249. The van der Waals surface area contributed by atoms with Crippen molar-refractivity contribution >= 4 is 0 Å². The predicted octanol–water partition coefficient (Wildman–Crippen LogP) is 3.83. The second-order valence-electron chi connectivity index (χ2n) is 5.59. The van der Waals surface area contributed by atoms with E-state index in [4.69, 9.17) is 9.47 Å². The van der Waals surface area contributed by atoms with E-state index in [2.05, 4.69) is 12.2 Å². The molecule has 1 fully saturated rings. The van der Waals surface area contributed by atoms with Gasteiger partial charge in [-0.2, -0.15) is 0 Å². The smallest absolute Gasteiger partial charge is 0.169 e. The van der Waals surface area contributed by atoms with Gasteiger partial charge >= 0.3 is 0 Å². The molecule has 0 amide bonds. The molecule has 1 aromatic rings. The fourth-order valence-electron chi connectivity index (χ4n) is 2.85. The van der Waals surface area contributed by atoms with Gasteiger partial charge in [0.25, 0.3) is 0 Å². The van der Waals surface area contributed by atoms with Crippen LogP contribution in [0.2, 0.25) is 0 Å². The molecule has 0 aromatic heterocycles. The summed E-state index contributed by atoms with van der Waals surface area (Å²) in [5.74, 6) is 0.0461. The van der Waals surface area contributed by atoms with Gasteiger partial charge in [0, 0.05) is 18.2 Å². The zero-order valence-corrected chi connectivity index (χ0v) is 13.0. The third-order valence-corrected chi connectivity index (χ3v) is 4.00. The van der Waals surface area contributed by atoms with Crippen LogP contribution >= 0.6 is 0 Å². The Morgan fingerprint density at radius 3 is 2.95 bits per heavy atom. The first-order valence-corrected chi connectivity index (χ1v) is 7.93. The Morgan fingerprint density at radius 2 is 2.29 bits per heavy atom. The summed E-state index contributed by atoms with van der Waals surface area (Å²) in [6, 6.07) is 5.32. The fourth-order valence-corrected chi connectivity index (χ4v) is 2.85. The highest BCUT2D eigenvalue weighted by Gasteiger charge is 2.23. The molecule has 2 unspecified atom stereocenters. The van der Waals surface area contributed by atoms with E-state index in [0.29, 0.717) is 11.3 Å². The maximum atomic E-state index is 14.5. The van der Waals surface area contributed by atoms with E-state index in [0.717, 1.165) is 38.8 Å². The minimum Gasteiger partial charge on any atom is -0.494 e. The van der Waals surface area contributed by atoms with Gasteiger partial charge in [-0.3, -0.25) is 0 Å². The Morgan fingerprint density at radius 1 is 1.43 bits per heavy atom. The minimum atomic E-state index is -0.260. The van der Waals surface area contributed by atoms with Gasteiger partial charge < -0.3 is 14.8 Å². The first-order chi connectivity index (χ1) is 10.3. The Kier molecular flexibility index (Phi) is 6.46. The van der Waals surface area contributed by atoms with Crippen LogP contribution in [0.4, 0.5) is 4.39 Å². The van der Waals surface area contributed by atoms with Crippen LogP contribution in [0.1, 0.15) is 50.6 Å². The van der Waals surface area contributed by atoms with Crippen LogP contribution in [-0.4, -0.2) is 26.4 Å². The van der Waals surface area contributed by atoms with Crippen LogP contribution in [0, 0.1) is 5.82 Å².